The number of fused-ring (bicyclic) bond motifs is 2. The van der Waals surface area contributed by atoms with E-state index in [0.29, 0.717) is 24.4 Å². The van der Waals surface area contributed by atoms with Gasteiger partial charge in [-0.15, -0.1) is 0 Å². The predicted molar refractivity (Wildman–Crippen MR) is 98.5 cm³/mol. The lowest BCUT2D eigenvalue weighted by Gasteiger charge is -2.28. The number of rotatable bonds is 5. The third-order valence-electron chi connectivity index (χ3n) is 5.79. The van der Waals surface area contributed by atoms with Crippen molar-refractivity contribution < 1.29 is 9.53 Å². The van der Waals surface area contributed by atoms with E-state index in [1.807, 2.05) is 12.1 Å². The highest BCUT2D eigenvalue weighted by Crippen LogP contribution is 2.32. The fraction of sp³-hybridized carbons (Fsp3) is 0.650. The number of anilines is 1. The van der Waals surface area contributed by atoms with Gasteiger partial charge in [0.05, 0.1) is 13.2 Å². The second kappa shape index (κ2) is 7.85. The molecule has 5 nitrogen and oxygen atoms in total. The van der Waals surface area contributed by atoms with Crippen molar-refractivity contribution >= 4 is 11.6 Å². The second-order valence-corrected chi connectivity index (χ2v) is 7.81. The van der Waals surface area contributed by atoms with Gasteiger partial charge in [0.25, 0.3) is 0 Å². The van der Waals surface area contributed by atoms with Crippen molar-refractivity contribution in [3.63, 3.8) is 0 Å². The average molecular weight is 343 g/mol. The Kier molecular flexibility index (Phi) is 5.34. The lowest BCUT2D eigenvalue weighted by molar-refractivity contribution is -0.117. The molecule has 0 aliphatic carbocycles. The summed E-state index contributed by atoms with van der Waals surface area (Å²) >= 11 is 0. The molecule has 1 aromatic carbocycles. The number of nitrogens with one attached hydrogen (secondary N) is 2. The van der Waals surface area contributed by atoms with Crippen molar-refractivity contribution in [1.82, 2.24) is 10.2 Å². The molecule has 4 rings (SSSR count). The van der Waals surface area contributed by atoms with Gasteiger partial charge in [0.1, 0.15) is 0 Å². The first-order valence-corrected chi connectivity index (χ1v) is 9.69. The number of piperidine rings is 1. The van der Waals surface area contributed by atoms with Gasteiger partial charge in [-0.3, -0.25) is 9.69 Å². The van der Waals surface area contributed by atoms with Crippen molar-refractivity contribution in [2.45, 2.75) is 50.7 Å². The SMILES string of the molecule is O=C(CC1CC2CCC(C1)N2)Nc1ccc(CN2CCOCC2)cc1. The molecule has 5 heteroatoms. The highest BCUT2D eigenvalue weighted by molar-refractivity contribution is 5.90. The zero-order valence-corrected chi connectivity index (χ0v) is 14.9. The first kappa shape index (κ1) is 17.0. The molecule has 1 amide bonds. The minimum Gasteiger partial charge on any atom is -0.379 e. The zero-order valence-electron chi connectivity index (χ0n) is 14.9. The van der Waals surface area contributed by atoms with E-state index < -0.39 is 0 Å². The lowest BCUT2D eigenvalue weighted by atomic mass is 9.89. The molecular weight excluding hydrogens is 314 g/mol. The highest BCUT2D eigenvalue weighted by Gasteiger charge is 2.34. The molecule has 3 saturated heterocycles. The van der Waals surface area contributed by atoms with Crippen molar-refractivity contribution in [2.75, 3.05) is 31.6 Å². The molecule has 0 saturated carbocycles. The average Bonchev–Trinajstić information content (AvgIpc) is 2.96. The Bertz CT molecular complexity index is 571. The molecule has 0 aromatic heterocycles. The molecule has 2 atom stereocenters. The topological polar surface area (TPSA) is 53.6 Å². The van der Waals surface area contributed by atoms with Gasteiger partial charge in [-0.1, -0.05) is 12.1 Å². The molecule has 3 fully saturated rings. The van der Waals surface area contributed by atoms with Crippen LogP contribution in [0.3, 0.4) is 0 Å². The summed E-state index contributed by atoms with van der Waals surface area (Å²) in [5.74, 6) is 0.701. The van der Waals surface area contributed by atoms with Crippen molar-refractivity contribution in [3.05, 3.63) is 29.8 Å². The monoisotopic (exact) mass is 343 g/mol. The summed E-state index contributed by atoms with van der Waals surface area (Å²) in [6.45, 7) is 4.60. The molecule has 3 heterocycles. The van der Waals surface area contributed by atoms with Crippen LogP contribution in [0.2, 0.25) is 0 Å². The molecule has 0 spiro atoms. The van der Waals surface area contributed by atoms with Gasteiger partial charge in [-0.05, 0) is 49.3 Å². The third kappa shape index (κ3) is 4.60. The fourth-order valence-corrected chi connectivity index (χ4v) is 4.53. The molecule has 2 unspecified atom stereocenters. The summed E-state index contributed by atoms with van der Waals surface area (Å²) in [6, 6.07) is 9.60. The van der Waals surface area contributed by atoms with Gasteiger partial charge in [-0.2, -0.15) is 0 Å². The van der Waals surface area contributed by atoms with E-state index in [9.17, 15) is 4.79 Å². The Labute approximate surface area is 150 Å². The Hall–Kier alpha value is -1.43. The molecular formula is C20H29N3O2. The number of amides is 1. The first-order chi connectivity index (χ1) is 12.2. The number of hydrogen-bond donors (Lipinski definition) is 2. The van der Waals surface area contributed by atoms with E-state index in [0.717, 1.165) is 51.4 Å². The Morgan fingerprint density at radius 1 is 1.12 bits per heavy atom. The van der Waals surface area contributed by atoms with Crippen LogP contribution in [0.5, 0.6) is 0 Å². The first-order valence-electron chi connectivity index (χ1n) is 9.69. The van der Waals surface area contributed by atoms with Crippen LogP contribution in [0.15, 0.2) is 24.3 Å². The van der Waals surface area contributed by atoms with E-state index in [-0.39, 0.29) is 5.91 Å². The normalized spacial score (nSPS) is 29.5. The zero-order chi connectivity index (χ0) is 17.1. The van der Waals surface area contributed by atoms with Crippen LogP contribution in [0.4, 0.5) is 5.69 Å². The van der Waals surface area contributed by atoms with Crippen LogP contribution in [0, 0.1) is 5.92 Å². The molecule has 136 valence electrons. The fourth-order valence-electron chi connectivity index (χ4n) is 4.53. The van der Waals surface area contributed by atoms with E-state index in [4.69, 9.17) is 4.74 Å². The van der Waals surface area contributed by atoms with Crippen LogP contribution < -0.4 is 10.6 Å². The molecule has 3 aliphatic heterocycles. The van der Waals surface area contributed by atoms with Gasteiger partial charge in [0.15, 0.2) is 0 Å². The molecule has 2 bridgehead atoms. The van der Waals surface area contributed by atoms with E-state index in [1.54, 1.807) is 0 Å². The molecule has 3 aliphatic rings. The number of hydrogen-bond acceptors (Lipinski definition) is 4. The summed E-state index contributed by atoms with van der Waals surface area (Å²) in [6.07, 6.45) is 5.54. The Morgan fingerprint density at radius 2 is 1.80 bits per heavy atom. The number of nitrogens with zero attached hydrogens (tertiary/aromatic N) is 1. The van der Waals surface area contributed by atoms with E-state index >= 15 is 0 Å². The minimum absolute atomic E-state index is 0.159. The maximum atomic E-state index is 12.4. The van der Waals surface area contributed by atoms with Gasteiger partial charge in [0, 0.05) is 43.8 Å². The largest absolute Gasteiger partial charge is 0.379 e. The summed E-state index contributed by atoms with van der Waals surface area (Å²) in [4.78, 5) is 14.8. The number of ether oxygens (including phenoxy) is 1. The van der Waals surface area contributed by atoms with Crippen LogP contribution >= 0.6 is 0 Å². The number of benzene rings is 1. The van der Waals surface area contributed by atoms with Crippen LogP contribution in [-0.2, 0) is 16.1 Å². The van der Waals surface area contributed by atoms with Gasteiger partial charge >= 0.3 is 0 Å². The Morgan fingerprint density at radius 3 is 2.48 bits per heavy atom. The molecule has 2 N–H and O–H groups in total. The highest BCUT2D eigenvalue weighted by atomic mass is 16.5. The summed E-state index contributed by atoms with van der Waals surface area (Å²) in [5, 5.41) is 6.72. The predicted octanol–water partition coefficient (Wildman–Crippen LogP) is 2.38. The number of morpholine rings is 1. The smallest absolute Gasteiger partial charge is 0.224 e. The summed E-state index contributed by atoms with van der Waals surface area (Å²) < 4.78 is 5.39. The quantitative estimate of drug-likeness (QED) is 0.862. The maximum Gasteiger partial charge on any atom is 0.224 e. The van der Waals surface area contributed by atoms with Crippen molar-refractivity contribution in [3.8, 4) is 0 Å². The summed E-state index contributed by atoms with van der Waals surface area (Å²) in [7, 11) is 0. The minimum atomic E-state index is 0.159. The van der Waals surface area contributed by atoms with Crippen LogP contribution in [0.25, 0.3) is 0 Å². The Balaban J connectivity index is 1.25. The molecule has 0 radical (unpaired) electrons. The second-order valence-electron chi connectivity index (χ2n) is 7.81. The van der Waals surface area contributed by atoms with Crippen molar-refractivity contribution in [2.24, 2.45) is 5.92 Å². The molecule has 25 heavy (non-hydrogen) atoms. The number of carbonyl (C=O) groups excluding carboxylic acids is 1. The summed E-state index contributed by atoms with van der Waals surface area (Å²) in [5.41, 5.74) is 2.20. The van der Waals surface area contributed by atoms with E-state index in [2.05, 4.69) is 27.7 Å². The van der Waals surface area contributed by atoms with E-state index in [1.165, 1.54) is 18.4 Å². The van der Waals surface area contributed by atoms with Crippen LogP contribution in [-0.4, -0.2) is 49.2 Å². The van der Waals surface area contributed by atoms with Gasteiger partial charge in [-0.25, -0.2) is 0 Å². The third-order valence-corrected chi connectivity index (χ3v) is 5.79. The lowest BCUT2D eigenvalue weighted by Crippen LogP contribution is -2.39. The maximum absolute atomic E-state index is 12.4. The number of carbonyl (C=O) groups is 1. The molecule has 1 aromatic rings. The standard InChI is InChI=1S/C20H29N3O2/c24-20(13-16-11-18-5-6-19(12-16)21-18)22-17-3-1-15(2-4-17)14-23-7-9-25-10-8-23/h1-4,16,18-19,21H,5-14H2,(H,22,24). The van der Waals surface area contributed by atoms with Gasteiger partial charge in [0.2, 0.25) is 5.91 Å². The van der Waals surface area contributed by atoms with Crippen molar-refractivity contribution in [1.29, 1.82) is 0 Å². The van der Waals surface area contributed by atoms with Gasteiger partial charge < -0.3 is 15.4 Å². The van der Waals surface area contributed by atoms with Crippen LogP contribution in [0.1, 0.15) is 37.7 Å².